The Hall–Kier alpha value is -2.57. The number of halogens is 1. The lowest BCUT2D eigenvalue weighted by atomic mass is 10.1. The van der Waals surface area contributed by atoms with Crippen LogP contribution in [0.15, 0.2) is 48.7 Å². The Bertz CT molecular complexity index is 857. The van der Waals surface area contributed by atoms with Crippen LogP contribution < -0.4 is 0 Å². The van der Waals surface area contributed by atoms with Crippen molar-refractivity contribution in [3.8, 4) is 23.1 Å². The van der Waals surface area contributed by atoms with Crippen LogP contribution in [0.2, 0.25) is 5.02 Å². The van der Waals surface area contributed by atoms with Gasteiger partial charge in [0.2, 0.25) is 0 Å². The topological polar surface area (TPSA) is 41.6 Å². The molecular weight excluding hydrogens is 306 g/mol. The number of aromatic amines is 1. The lowest BCUT2D eigenvalue weighted by Gasteiger charge is -2.03. The molecule has 0 saturated heterocycles. The van der Waals surface area contributed by atoms with Crippen molar-refractivity contribution in [2.45, 2.75) is 19.8 Å². The average molecular weight is 322 g/mol. The molecule has 3 aromatic rings. The van der Waals surface area contributed by atoms with E-state index in [9.17, 15) is 0 Å². The quantitative estimate of drug-likeness (QED) is 0.726. The van der Waals surface area contributed by atoms with Crippen LogP contribution >= 0.6 is 11.6 Å². The first-order valence-corrected chi connectivity index (χ1v) is 7.81. The van der Waals surface area contributed by atoms with Gasteiger partial charge >= 0.3 is 0 Å². The van der Waals surface area contributed by atoms with Crippen LogP contribution in [0.4, 0.5) is 0 Å². The molecule has 0 aliphatic carbocycles. The molecule has 114 valence electrons. The van der Waals surface area contributed by atoms with Gasteiger partial charge in [-0.15, -0.1) is 0 Å². The number of pyridine rings is 1. The second-order valence-corrected chi connectivity index (χ2v) is 5.61. The van der Waals surface area contributed by atoms with Gasteiger partial charge in [-0.2, -0.15) is 5.10 Å². The van der Waals surface area contributed by atoms with Crippen molar-refractivity contribution >= 4 is 11.6 Å². The highest BCUT2D eigenvalue weighted by Gasteiger charge is 2.08. The van der Waals surface area contributed by atoms with Crippen LogP contribution in [0.3, 0.4) is 0 Å². The van der Waals surface area contributed by atoms with Crippen molar-refractivity contribution < 1.29 is 0 Å². The molecular formula is C19H16ClN3. The summed E-state index contributed by atoms with van der Waals surface area (Å²) < 4.78 is 0. The first kappa shape index (κ1) is 15.3. The largest absolute Gasteiger partial charge is 0.282 e. The first-order chi connectivity index (χ1) is 11.2. The predicted molar refractivity (Wildman–Crippen MR) is 93.2 cm³/mol. The Labute approximate surface area is 140 Å². The van der Waals surface area contributed by atoms with Crippen molar-refractivity contribution in [2.24, 2.45) is 0 Å². The van der Waals surface area contributed by atoms with Gasteiger partial charge in [0.15, 0.2) is 0 Å². The third-order valence-electron chi connectivity index (χ3n) is 3.58. The molecule has 3 rings (SSSR count). The Morgan fingerprint density at radius 3 is 2.91 bits per heavy atom. The Kier molecular flexibility index (Phi) is 4.75. The molecule has 0 bridgehead atoms. The zero-order valence-corrected chi connectivity index (χ0v) is 13.6. The summed E-state index contributed by atoms with van der Waals surface area (Å²) in [5.74, 6) is 6.20. The standard InChI is InChI=1S/C19H16ClN3/c1-14-17(10-6-11-18(14)20)19-13-16(22-23-19)9-3-2-7-15-8-4-5-12-21-15/h4-6,8,10-13H,3,9H2,1H3,(H,22,23). The minimum absolute atomic E-state index is 0.757. The molecule has 23 heavy (non-hydrogen) atoms. The van der Waals surface area contributed by atoms with Gasteiger partial charge in [-0.3, -0.25) is 5.10 Å². The number of aryl methyl sites for hydroxylation is 1. The van der Waals surface area contributed by atoms with E-state index < -0.39 is 0 Å². The summed E-state index contributed by atoms with van der Waals surface area (Å²) in [6, 6.07) is 13.6. The summed E-state index contributed by atoms with van der Waals surface area (Å²) in [5, 5.41) is 8.21. The summed E-state index contributed by atoms with van der Waals surface area (Å²) in [4.78, 5) is 4.18. The average Bonchev–Trinajstić information content (AvgIpc) is 3.04. The fourth-order valence-corrected chi connectivity index (χ4v) is 2.47. The summed E-state index contributed by atoms with van der Waals surface area (Å²) in [6.07, 6.45) is 3.33. The highest BCUT2D eigenvalue weighted by atomic mass is 35.5. The molecule has 1 N–H and O–H groups in total. The third-order valence-corrected chi connectivity index (χ3v) is 3.98. The summed E-state index contributed by atoms with van der Waals surface area (Å²) in [7, 11) is 0. The van der Waals surface area contributed by atoms with Crippen LogP contribution in [-0.2, 0) is 6.42 Å². The van der Waals surface area contributed by atoms with Crippen molar-refractivity contribution in [2.75, 3.05) is 0 Å². The molecule has 0 saturated carbocycles. The van der Waals surface area contributed by atoms with Gasteiger partial charge in [0.25, 0.3) is 0 Å². The second kappa shape index (κ2) is 7.13. The zero-order chi connectivity index (χ0) is 16.1. The zero-order valence-electron chi connectivity index (χ0n) is 12.8. The van der Waals surface area contributed by atoms with E-state index in [2.05, 4.69) is 33.1 Å². The monoisotopic (exact) mass is 321 g/mol. The van der Waals surface area contributed by atoms with E-state index in [0.29, 0.717) is 0 Å². The summed E-state index contributed by atoms with van der Waals surface area (Å²) >= 11 is 6.17. The van der Waals surface area contributed by atoms with E-state index in [-0.39, 0.29) is 0 Å². The number of nitrogens with one attached hydrogen (secondary N) is 1. The van der Waals surface area contributed by atoms with E-state index in [4.69, 9.17) is 11.6 Å². The molecule has 0 aliphatic heterocycles. The molecule has 0 spiro atoms. The lowest BCUT2D eigenvalue weighted by molar-refractivity contribution is 0.929. The predicted octanol–water partition coefficient (Wildman–Crippen LogP) is 4.42. The van der Waals surface area contributed by atoms with Crippen LogP contribution in [-0.4, -0.2) is 15.2 Å². The minimum Gasteiger partial charge on any atom is -0.282 e. The van der Waals surface area contributed by atoms with Crippen LogP contribution in [0.1, 0.15) is 23.4 Å². The molecule has 2 aromatic heterocycles. The van der Waals surface area contributed by atoms with Gasteiger partial charge in [-0.25, -0.2) is 4.98 Å². The van der Waals surface area contributed by atoms with E-state index in [1.54, 1.807) is 6.20 Å². The molecule has 2 heterocycles. The maximum Gasteiger partial charge on any atom is 0.113 e. The molecule has 0 radical (unpaired) electrons. The summed E-state index contributed by atoms with van der Waals surface area (Å²) in [6.45, 7) is 2.00. The number of H-pyrrole nitrogens is 1. The smallest absolute Gasteiger partial charge is 0.113 e. The fraction of sp³-hybridized carbons (Fsp3) is 0.158. The number of benzene rings is 1. The maximum atomic E-state index is 6.17. The minimum atomic E-state index is 0.757. The van der Waals surface area contributed by atoms with Crippen molar-refractivity contribution in [1.29, 1.82) is 0 Å². The SMILES string of the molecule is Cc1c(Cl)cccc1-c1cc(CCC#Cc2ccccn2)[nH]n1. The van der Waals surface area contributed by atoms with Gasteiger partial charge in [-0.1, -0.05) is 35.7 Å². The molecule has 3 nitrogen and oxygen atoms in total. The number of hydrogen-bond donors (Lipinski definition) is 1. The van der Waals surface area contributed by atoms with Crippen molar-refractivity contribution in [3.63, 3.8) is 0 Å². The van der Waals surface area contributed by atoms with Gasteiger partial charge in [0, 0.05) is 35.3 Å². The molecule has 4 heteroatoms. The Morgan fingerprint density at radius 2 is 2.09 bits per heavy atom. The van der Waals surface area contributed by atoms with Crippen molar-refractivity contribution in [3.05, 3.63) is 70.6 Å². The number of hydrogen-bond acceptors (Lipinski definition) is 2. The van der Waals surface area contributed by atoms with Gasteiger partial charge in [0.05, 0.1) is 5.69 Å². The van der Waals surface area contributed by atoms with Crippen LogP contribution in [0.25, 0.3) is 11.3 Å². The van der Waals surface area contributed by atoms with Crippen molar-refractivity contribution in [1.82, 2.24) is 15.2 Å². The fourth-order valence-electron chi connectivity index (χ4n) is 2.30. The van der Waals surface area contributed by atoms with Gasteiger partial charge < -0.3 is 0 Å². The molecule has 0 fully saturated rings. The normalized spacial score (nSPS) is 10.2. The molecule has 0 atom stereocenters. The van der Waals surface area contributed by atoms with E-state index in [0.717, 1.165) is 46.1 Å². The van der Waals surface area contributed by atoms with E-state index >= 15 is 0 Å². The highest BCUT2D eigenvalue weighted by molar-refractivity contribution is 6.31. The second-order valence-electron chi connectivity index (χ2n) is 5.21. The van der Waals surface area contributed by atoms with E-state index in [1.165, 1.54) is 0 Å². The third kappa shape index (κ3) is 3.80. The Morgan fingerprint density at radius 1 is 1.17 bits per heavy atom. The number of nitrogens with zero attached hydrogens (tertiary/aromatic N) is 2. The first-order valence-electron chi connectivity index (χ1n) is 7.44. The van der Waals surface area contributed by atoms with Gasteiger partial charge in [0.1, 0.15) is 5.69 Å². The molecule has 1 aromatic carbocycles. The molecule has 0 unspecified atom stereocenters. The lowest BCUT2D eigenvalue weighted by Crippen LogP contribution is -1.84. The summed E-state index contributed by atoms with van der Waals surface area (Å²) in [5.41, 5.74) is 4.88. The van der Waals surface area contributed by atoms with Crippen LogP contribution in [0.5, 0.6) is 0 Å². The highest BCUT2D eigenvalue weighted by Crippen LogP contribution is 2.27. The molecule has 0 amide bonds. The number of rotatable bonds is 3. The Balaban J connectivity index is 1.66. The maximum absolute atomic E-state index is 6.17. The van der Waals surface area contributed by atoms with Crippen LogP contribution in [0, 0.1) is 18.8 Å². The van der Waals surface area contributed by atoms with Gasteiger partial charge in [-0.05, 0) is 42.7 Å². The molecule has 0 aliphatic rings. The van der Waals surface area contributed by atoms with E-state index in [1.807, 2.05) is 43.3 Å². The number of aromatic nitrogens is 3.